The molecule has 6 nitrogen and oxygen atoms in total. The maximum absolute atomic E-state index is 10.7. The summed E-state index contributed by atoms with van der Waals surface area (Å²) >= 11 is 0. The third-order valence-electron chi connectivity index (χ3n) is 4.70. The lowest BCUT2D eigenvalue weighted by Gasteiger charge is -2.12. The minimum Gasteiger partial charge on any atom is -0.501 e. The van der Waals surface area contributed by atoms with Gasteiger partial charge >= 0.3 is 5.97 Å². The second kappa shape index (κ2) is 10.4. The molecule has 1 aliphatic rings. The monoisotopic (exact) mass is 406 g/mol. The van der Waals surface area contributed by atoms with Crippen LogP contribution in [0.5, 0.6) is 5.75 Å². The van der Waals surface area contributed by atoms with Gasteiger partial charge in [0.05, 0.1) is 30.0 Å². The molecule has 30 heavy (non-hydrogen) atoms. The minimum absolute atomic E-state index is 0.372. The molecule has 0 radical (unpaired) electrons. The number of benzene rings is 1. The zero-order chi connectivity index (χ0) is 21.3. The third kappa shape index (κ3) is 5.56. The van der Waals surface area contributed by atoms with Crippen LogP contribution in [0, 0.1) is 0 Å². The molecule has 0 aliphatic heterocycles. The molecular formula is C24H26N2O4. The average Bonchev–Trinajstić information content (AvgIpc) is 3.02. The lowest BCUT2D eigenvalue weighted by Crippen LogP contribution is -2.09. The Morgan fingerprint density at radius 3 is 2.67 bits per heavy atom. The fraction of sp³-hybridized carbons (Fsp3) is 0.292. The van der Waals surface area contributed by atoms with Gasteiger partial charge in [-0.3, -0.25) is 4.98 Å². The van der Waals surface area contributed by atoms with Crippen molar-refractivity contribution in [3.05, 3.63) is 71.9 Å². The summed E-state index contributed by atoms with van der Waals surface area (Å²) in [5, 5.41) is 8.78. The molecule has 3 rings (SSSR count). The molecular weight excluding hydrogens is 380 g/mol. The number of aromatic nitrogens is 2. The standard InChI is InChI=1S/C24H26N2O4/c1-3-4-7-19-15-25-23(17-6-5-8-20(29-2)12-9-17)24(26-19)18-10-13-21(14-11-18)30-16-22(27)28/h5-6,9-15H,3-4,7-8,16H2,1-2H3,(H,27,28). The van der Waals surface area contributed by atoms with E-state index in [0.717, 1.165) is 59.7 Å². The number of carbonyl (C=O) groups is 1. The molecule has 0 amide bonds. The first-order chi connectivity index (χ1) is 14.6. The zero-order valence-electron chi connectivity index (χ0n) is 17.3. The number of allylic oxidation sites excluding steroid dienone is 5. The van der Waals surface area contributed by atoms with Crippen molar-refractivity contribution >= 4 is 11.5 Å². The Labute approximate surface area is 176 Å². The Bertz CT molecular complexity index is 975. The number of nitrogens with zero attached hydrogens (tertiary/aromatic N) is 2. The van der Waals surface area contributed by atoms with Crippen LogP contribution in [-0.4, -0.2) is 34.8 Å². The molecule has 0 spiro atoms. The van der Waals surface area contributed by atoms with E-state index in [1.54, 1.807) is 19.2 Å². The molecule has 1 aromatic heterocycles. The van der Waals surface area contributed by atoms with Crippen LogP contribution in [0.3, 0.4) is 0 Å². The molecule has 156 valence electrons. The van der Waals surface area contributed by atoms with Gasteiger partial charge < -0.3 is 14.6 Å². The van der Waals surface area contributed by atoms with Gasteiger partial charge in [-0.2, -0.15) is 0 Å². The van der Waals surface area contributed by atoms with Gasteiger partial charge in [0.15, 0.2) is 6.61 Å². The summed E-state index contributed by atoms with van der Waals surface area (Å²) in [6, 6.07) is 7.27. The molecule has 0 saturated carbocycles. The summed E-state index contributed by atoms with van der Waals surface area (Å²) in [6.07, 6.45) is 13.6. The Kier molecular flexibility index (Phi) is 7.38. The van der Waals surface area contributed by atoms with Crippen molar-refractivity contribution in [3.63, 3.8) is 0 Å². The predicted octanol–water partition coefficient (Wildman–Crippen LogP) is 4.82. The van der Waals surface area contributed by atoms with Crippen LogP contribution >= 0.6 is 0 Å². The summed E-state index contributed by atoms with van der Waals surface area (Å²) in [4.78, 5) is 20.4. The van der Waals surface area contributed by atoms with E-state index >= 15 is 0 Å². The van der Waals surface area contributed by atoms with Crippen molar-refractivity contribution in [2.24, 2.45) is 0 Å². The summed E-state index contributed by atoms with van der Waals surface area (Å²) in [7, 11) is 1.67. The number of carboxylic acid groups (broad SMARTS) is 1. The van der Waals surface area contributed by atoms with E-state index in [0.29, 0.717) is 5.75 Å². The predicted molar refractivity (Wildman–Crippen MR) is 116 cm³/mol. The average molecular weight is 406 g/mol. The van der Waals surface area contributed by atoms with E-state index in [1.165, 1.54) is 0 Å². The number of hydrogen-bond donors (Lipinski definition) is 1. The van der Waals surface area contributed by atoms with Crippen molar-refractivity contribution in [2.45, 2.75) is 32.6 Å². The third-order valence-corrected chi connectivity index (χ3v) is 4.70. The molecule has 0 bridgehead atoms. The van der Waals surface area contributed by atoms with E-state index in [9.17, 15) is 4.79 Å². The van der Waals surface area contributed by atoms with Gasteiger partial charge in [0.25, 0.3) is 0 Å². The molecule has 1 N–H and O–H groups in total. The maximum Gasteiger partial charge on any atom is 0.341 e. The number of aliphatic carboxylic acids is 1. The quantitative estimate of drug-likeness (QED) is 0.643. The van der Waals surface area contributed by atoms with Crippen molar-refractivity contribution < 1.29 is 19.4 Å². The number of unbranched alkanes of at least 4 members (excludes halogenated alkanes) is 1. The van der Waals surface area contributed by atoms with Crippen molar-refractivity contribution in [2.75, 3.05) is 13.7 Å². The second-order valence-electron chi connectivity index (χ2n) is 6.93. The van der Waals surface area contributed by atoms with Crippen LogP contribution in [0.25, 0.3) is 16.8 Å². The van der Waals surface area contributed by atoms with E-state index in [1.807, 2.05) is 42.6 Å². The molecule has 1 heterocycles. The lowest BCUT2D eigenvalue weighted by atomic mass is 10.0. The van der Waals surface area contributed by atoms with Crippen LogP contribution in [0.15, 0.2) is 60.5 Å². The fourth-order valence-electron chi connectivity index (χ4n) is 3.09. The lowest BCUT2D eigenvalue weighted by molar-refractivity contribution is -0.139. The van der Waals surface area contributed by atoms with E-state index in [2.05, 4.69) is 6.92 Å². The van der Waals surface area contributed by atoms with Crippen molar-refractivity contribution in [1.82, 2.24) is 9.97 Å². The van der Waals surface area contributed by atoms with Crippen LogP contribution in [0.2, 0.25) is 0 Å². The normalized spacial score (nSPS) is 13.3. The number of aryl methyl sites for hydroxylation is 1. The Hall–Kier alpha value is -3.41. The highest BCUT2D eigenvalue weighted by Crippen LogP contribution is 2.30. The van der Waals surface area contributed by atoms with E-state index in [4.69, 9.17) is 24.5 Å². The van der Waals surface area contributed by atoms with Gasteiger partial charge in [0.1, 0.15) is 5.75 Å². The first-order valence-corrected chi connectivity index (χ1v) is 10.0. The highest BCUT2D eigenvalue weighted by Gasteiger charge is 2.14. The zero-order valence-corrected chi connectivity index (χ0v) is 17.3. The number of hydrogen-bond acceptors (Lipinski definition) is 5. The number of ether oxygens (including phenoxy) is 2. The largest absolute Gasteiger partial charge is 0.501 e. The minimum atomic E-state index is -1.01. The smallest absolute Gasteiger partial charge is 0.341 e. The van der Waals surface area contributed by atoms with Crippen LogP contribution < -0.4 is 4.74 Å². The van der Waals surface area contributed by atoms with Gasteiger partial charge in [-0.1, -0.05) is 25.5 Å². The van der Waals surface area contributed by atoms with Crippen LogP contribution in [0.4, 0.5) is 0 Å². The molecule has 6 heteroatoms. The van der Waals surface area contributed by atoms with Crippen LogP contribution in [0.1, 0.15) is 37.6 Å². The highest BCUT2D eigenvalue weighted by atomic mass is 16.5. The maximum atomic E-state index is 10.7. The SMILES string of the molecule is CCCCc1cnc(C2=CC=C(OC)CC=C2)c(-c2ccc(OCC(=O)O)cc2)n1. The molecule has 1 aromatic carbocycles. The van der Waals surface area contributed by atoms with Crippen molar-refractivity contribution in [3.8, 4) is 17.0 Å². The molecule has 0 unspecified atom stereocenters. The van der Waals surface area contributed by atoms with E-state index < -0.39 is 5.97 Å². The molecule has 0 saturated heterocycles. The summed E-state index contributed by atoms with van der Waals surface area (Å²) in [6.45, 7) is 1.78. The Morgan fingerprint density at radius 2 is 1.97 bits per heavy atom. The molecule has 1 aliphatic carbocycles. The van der Waals surface area contributed by atoms with Gasteiger partial charge in [-0.05, 0) is 49.3 Å². The van der Waals surface area contributed by atoms with Gasteiger partial charge in [-0.15, -0.1) is 0 Å². The first kappa shape index (κ1) is 21.3. The summed E-state index contributed by atoms with van der Waals surface area (Å²) in [5.41, 5.74) is 4.39. The second-order valence-corrected chi connectivity index (χ2v) is 6.93. The van der Waals surface area contributed by atoms with Gasteiger partial charge in [-0.25, -0.2) is 9.78 Å². The number of rotatable bonds is 9. The van der Waals surface area contributed by atoms with E-state index in [-0.39, 0.29) is 6.61 Å². The summed E-state index contributed by atoms with van der Waals surface area (Å²) in [5.74, 6) is 0.376. The first-order valence-electron chi connectivity index (χ1n) is 10.0. The molecule has 2 aromatic rings. The van der Waals surface area contributed by atoms with Gasteiger partial charge in [0.2, 0.25) is 0 Å². The number of carboxylic acids is 1. The molecule has 0 fully saturated rings. The molecule has 0 atom stereocenters. The number of methoxy groups -OCH3 is 1. The Morgan fingerprint density at radius 1 is 1.17 bits per heavy atom. The topological polar surface area (TPSA) is 81.5 Å². The Balaban J connectivity index is 1.99. The fourth-order valence-corrected chi connectivity index (χ4v) is 3.09. The van der Waals surface area contributed by atoms with Crippen molar-refractivity contribution in [1.29, 1.82) is 0 Å². The van der Waals surface area contributed by atoms with Crippen LogP contribution in [-0.2, 0) is 16.0 Å². The summed E-state index contributed by atoms with van der Waals surface area (Å²) < 4.78 is 10.6. The highest BCUT2D eigenvalue weighted by molar-refractivity contribution is 5.82. The van der Waals surface area contributed by atoms with Gasteiger partial charge in [0, 0.05) is 23.8 Å².